The van der Waals surface area contributed by atoms with Crippen molar-refractivity contribution in [3.63, 3.8) is 0 Å². The molecule has 1 amide bonds. The Bertz CT molecular complexity index is 1030. The molecule has 2 rings (SSSR count). The van der Waals surface area contributed by atoms with Crippen LogP contribution in [-0.2, 0) is 26.7 Å². The fourth-order valence-corrected chi connectivity index (χ4v) is 4.64. The number of hydrogen-bond donors (Lipinski definition) is 1. The van der Waals surface area contributed by atoms with Crippen LogP contribution in [0.4, 0.5) is 18.9 Å². The van der Waals surface area contributed by atoms with Crippen LogP contribution in [0.1, 0.15) is 11.1 Å². The van der Waals surface area contributed by atoms with Crippen molar-refractivity contribution in [1.82, 2.24) is 5.32 Å². The van der Waals surface area contributed by atoms with Crippen LogP contribution in [0, 0.1) is 0 Å². The molecule has 0 unspecified atom stereocenters. The Kier molecular flexibility index (Phi) is 8.93. The van der Waals surface area contributed by atoms with E-state index in [2.05, 4.69) is 5.32 Å². The van der Waals surface area contributed by atoms with Gasteiger partial charge in [-0.3, -0.25) is 9.10 Å². The summed E-state index contributed by atoms with van der Waals surface area (Å²) in [5, 5.41) is 2.63. The first-order valence-corrected chi connectivity index (χ1v) is 12.6. The number of carbonyl (C=O) groups excluding carboxylic acids is 1. The van der Waals surface area contributed by atoms with E-state index in [4.69, 9.17) is 23.2 Å². The number of halogens is 5. The summed E-state index contributed by atoms with van der Waals surface area (Å²) >= 11 is 13.0. The molecular formula is C19H19Cl2F3N2O3S2. The minimum absolute atomic E-state index is 0.260. The average molecular weight is 515 g/mol. The highest BCUT2D eigenvalue weighted by Crippen LogP contribution is 2.37. The van der Waals surface area contributed by atoms with E-state index in [0.29, 0.717) is 26.9 Å². The molecule has 0 heterocycles. The predicted octanol–water partition coefficient (Wildman–Crippen LogP) is 4.83. The summed E-state index contributed by atoms with van der Waals surface area (Å²) in [6.45, 7) is -0.396. The van der Waals surface area contributed by atoms with E-state index >= 15 is 0 Å². The number of benzene rings is 2. The second kappa shape index (κ2) is 10.8. The maximum Gasteiger partial charge on any atom is 0.417 e. The molecule has 0 spiro atoms. The van der Waals surface area contributed by atoms with Crippen LogP contribution < -0.4 is 9.62 Å². The largest absolute Gasteiger partial charge is 0.417 e. The molecule has 0 saturated heterocycles. The van der Waals surface area contributed by atoms with Gasteiger partial charge in [-0.1, -0.05) is 35.3 Å². The summed E-state index contributed by atoms with van der Waals surface area (Å²) < 4.78 is 64.1. The lowest BCUT2D eigenvalue weighted by molar-refractivity contribution is -0.137. The summed E-state index contributed by atoms with van der Waals surface area (Å²) in [5.41, 5.74) is -0.460. The molecule has 31 heavy (non-hydrogen) atoms. The van der Waals surface area contributed by atoms with Crippen LogP contribution in [0.25, 0.3) is 0 Å². The molecule has 12 heteroatoms. The number of alkyl halides is 3. The molecule has 2 aromatic rings. The third-order valence-corrected chi connectivity index (χ3v) is 6.69. The van der Waals surface area contributed by atoms with Gasteiger partial charge in [0.25, 0.3) is 0 Å². The highest BCUT2D eigenvalue weighted by Gasteiger charge is 2.34. The van der Waals surface area contributed by atoms with Crippen molar-refractivity contribution >= 4 is 56.6 Å². The van der Waals surface area contributed by atoms with Gasteiger partial charge in [-0.2, -0.15) is 24.9 Å². The average Bonchev–Trinajstić information content (AvgIpc) is 2.65. The van der Waals surface area contributed by atoms with Crippen LogP contribution in [0.2, 0.25) is 10.0 Å². The molecule has 0 atom stereocenters. The first-order chi connectivity index (χ1) is 14.4. The fraction of sp³-hybridized carbons (Fsp3) is 0.316. The Morgan fingerprint density at radius 2 is 1.87 bits per heavy atom. The standard InChI is InChI=1S/C19H19Cl2F3N2O3S2/c1-31(28,29)26(15-5-6-17(21)16(10-15)19(22,23)24)11-18(27)25-7-8-30-12-13-3-2-4-14(20)9-13/h2-6,9-10H,7-8,11-12H2,1H3,(H,25,27). The van der Waals surface area contributed by atoms with Crippen LogP contribution in [0.15, 0.2) is 42.5 Å². The van der Waals surface area contributed by atoms with Gasteiger partial charge < -0.3 is 5.32 Å². The van der Waals surface area contributed by atoms with Crippen LogP contribution in [0.5, 0.6) is 0 Å². The van der Waals surface area contributed by atoms with Gasteiger partial charge in [-0.15, -0.1) is 0 Å². The smallest absolute Gasteiger partial charge is 0.354 e. The minimum atomic E-state index is -4.77. The van der Waals surface area contributed by atoms with Crippen LogP contribution >= 0.6 is 35.0 Å². The SMILES string of the molecule is CS(=O)(=O)N(CC(=O)NCCSCc1cccc(Cl)c1)c1ccc(Cl)c(C(F)(F)F)c1. The van der Waals surface area contributed by atoms with E-state index in [1.807, 2.05) is 18.2 Å². The van der Waals surface area contributed by atoms with E-state index < -0.39 is 39.2 Å². The zero-order valence-electron chi connectivity index (χ0n) is 16.2. The third-order valence-electron chi connectivity index (χ3n) is 3.96. The Balaban J connectivity index is 1.96. The lowest BCUT2D eigenvalue weighted by Gasteiger charge is -2.23. The van der Waals surface area contributed by atoms with E-state index in [0.717, 1.165) is 24.0 Å². The molecule has 0 aliphatic heterocycles. The Labute approximate surface area is 193 Å². The first kappa shape index (κ1) is 25.6. The van der Waals surface area contributed by atoms with Gasteiger partial charge >= 0.3 is 6.18 Å². The second-order valence-corrected chi connectivity index (χ2v) is 10.3. The molecule has 0 aromatic heterocycles. The normalized spacial score (nSPS) is 11.9. The number of rotatable bonds is 9. The van der Waals surface area contributed by atoms with Crippen molar-refractivity contribution in [1.29, 1.82) is 0 Å². The molecule has 0 aliphatic rings. The highest BCUT2D eigenvalue weighted by atomic mass is 35.5. The number of nitrogens with one attached hydrogen (secondary N) is 1. The summed E-state index contributed by atoms with van der Waals surface area (Å²) in [6, 6.07) is 10.0. The zero-order valence-corrected chi connectivity index (χ0v) is 19.4. The van der Waals surface area contributed by atoms with Crippen LogP contribution in [-0.4, -0.2) is 39.4 Å². The monoisotopic (exact) mass is 514 g/mol. The van der Waals surface area contributed by atoms with Crippen LogP contribution in [0.3, 0.4) is 0 Å². The lowest BCUT2D eigenvalue weighted by atomic mass is 10.2. The van der Waals surface area contributed by atoms with Crippen molar-refractivity contribution in [2.45, 2.75) is 11.9 Å². The number of amides is 1. The highest BCUT2D eigenvalue weighted by molar-refractivity contribution is 7.98. The maximum atomic E-state index is 13.1. The molecule has 0 saturated carbocycles. The molecule has 0 fully saturated rings. The summed E-state index contributed by atoms with van der Waals surface area (Å²) in [6.07, 6.45) is -3.96. The molecule has 0 bridgehead atoms. The van der Waals surface area contributed by atoms with Gasteiger partial charge in [0, 0.05) is 23.1 Å². The molecule has 170 valence electrons. The Hall–Kier alpha value is -1.62. The zero-order chi connectivity index (χ0) is 23.2. The van der Waals surface area contributed by atoms with Gasteiger partial charge in [0.15, 0.2) is 0 Å². The topological polar surface area (TPSA) is 66.5 Å². The van der Waals surface area contributed by atoms with Crippen molar-refractivity contribution in [2.24, 2.45) is 0 Å². The first-order valence-electron chi connectivity index (χ1n) is 8.81. The number of hydrogen-bond acceptors (Lipinski definition) is 4. The minimum Gasteiger partial charge on any atom is -0.354 e. The number of carbonyl (C=O) groups is 1. The van der Waals surface area contributed by atoms with Crippen molar-refractivity contribution in [3.8, 4) is 0 Å². The number of anilines is 1. The Morgan fingerprint density at radius 1 is 1.16 bits per heavy atom. The lowest BCUT2D eigenvalue weighted by Crippen LogP contribution is -2.41. The summed E-state index contributed by atoms with van der Waals surface area (Å²) in [7, 11) is -4.02. The Morgan fingerprint density at radius 3 is 2.48 bits per heavy atom. The molecule has 0 radical (unpaired) electrons. The molecule has 0 aliphatic carbocycles. The fourth-order valence-electron chi connectivity index (χ4n) is 2.55. The van der Waals surface area contributed by atoms with E-state index in [1.165, 1.54) is 11.8 Å². The van der Waals surface area contributed by atoms with E-state index in [9.17, 15) is 26.4 Å². The van der Waals surface area contributed by atoms with Crippen molar-refractivity contribution in [3.05, 3.63) is 63.6 Å². The predicted molar refractivity (Wildman–Crippen MR) is 119 cm³/mol. The summed E-state index contributed by atoms with van der Waals surface area (Å²) in [5.74, 6) is 0.588. The number of sulfonamides is 1. The van der Waals surface area contributed by atoms with Gasteiger partial charge in [0.2, 0.25) is 15.9 Å². The van der Waals surface area contributed by atoms with Crippen molar-refractivity contribution in [2.75, 3.05) is 29.4 Å². The molecule has 1 N–H and O–H groups in total. The second-order valence-electron chi connectivity index (χ2n) is 6.46. The molecule has 2 aromatic carbocycles. The number of thioether (sulfide) groups is 1. The maximum absolute atomic E-state index is 13.1. The van der Waals surface area contributed by atoms with Gasteiger partial charge in [-0.05, 0) is 35.9 Å². The molecular weight excluding hydrogens is 496 g/mol. The summed E-state index contributed by atoms with van der Waals surface area (Å²) in [4.78, 5) is 12.2. The van der Waals surface area contributed by atoms with E-state index in [1.54, 1.807) is 6.07 Å². The number of nitrogens with zero attached hydrogens (tertiary/aromatic N) is 1. The van der Waals surface area contributed by atoms with Gasteiger partial charge in [0.05, 0.1) is 22.5 Å². The molecule has 5 nitrogen and oxygen atoms in total. The van der Waals surface area contributed by atoms with Gasteiger partial charge in [-0.25, -0.2) is 8.42 Å². The van der Waals surface area contributed by atoms with E-state index in [-0.39, 0.29) is 12.2 Å². The quantitative estimate of drug-likeness (QED) is 0.486. The van der Waals surface area contributed by atoms with Crippen molar-refractivity contribution < 1.29 is 26.4 Å². The third kappa shape index (κ3) is 8.10. The van der Waals surface area contributed by atoms with Gasteiger partial charge in [0.1, 0.15) is 6.54 Å².